The fourth-order valence-corrected chi connectivity index (χ4v) is 4.96. The quantitative estimate of drug-likeness (QED) is 0.926. The number of benzene rings is 1. The van der Waals surface area contributed by atoms with E-state index in [-0.39, 0.29) is 0 Å². The van der Waals surface area contributed by atoms with Gasteiger partial charge in [0.05, 0.1) is 0 Å². The van der Waals surface area contributed by atoms with Crippen LogP contribution in [0.2, 0.25) is 0 Å². The van der Waals surface area contributed by atoms with Gasteiger partial charge in [-0.05, 0) is 57.3 Å². The number of piperidine rings is 1. The third-order valence-electron chi connectivity index (χ3n) is 6.13. The van der Waals surface area contributed by atoms with Gasteiger partial charge in [-0.1, -0.05) is 18.2 Å². The summed E-state index contributed by atoms with van der Waals surface area (Å²) in [6.45, 7) is 1.98. The zero-order valence-electron chi connectivity index (χ0n) is 13.0. The molecular weight excluding hydrogens is 258 g/mol. The maximum absolute atomic E-state index is 5.84. The molecule has 1 aromatic rings. The smallest absolute Gasteiger partial charge is 0.0405 e. The van der Waals surface area contributed by atoms with Crippen LogP contribution in [-0.4, -0.2) is 43.2 Å². The maximum atomic E-state index is 5.84. The second-order valence-corrected chi connectivity index (χ2v) is 7.16. The first-order chi connectivity index (χ1) is 10.3. The summed E-state index contributed by atoms with van der Waals surface area (Å²) >= 11 is 0. The number of fused-ring (bicyclic) bond motifs is 3. The van der Waals surface area contributed by atoms with Crippen LogP contribution in [-0.2, 0) is 0 Å². The Bertz CT molecular complexity index is 501. The molecule has 3 heterocycles. The van der Waals surface area contributed by atoms with Gasteiger partial charge in [0.2, 0.25) is 0 Å². The molecule has 0 spiro atoms. The van der Waals surface area contributed by atoms with Crippen LogP contribution in [0.4, 0.5) is 5.69 Å². The Balaban J connectivity index is 1.59. The Morgan fingerprint density at radius 3 is 2.52 bits per heavy atom. The summed E-state index contributed by atoms with van der Waals surface area (Å²) < 4.78 is 0. The molecule has 0 aromatic heterocycles. The molecule has 2 bridgehead atoms. The SMILES string of the molecule is CN1C2CCC1CC(N1CC(CCN)c3ccccc31)C2. The molecule has 1 aromatic carbocycles. The predicted molar refractivity (Wildman–Crippen MR) is 87.8 cm³/mol. The number of rotatable bonds is 3. The fraction of sp³-hybridized carbons (Fsp3) is 0.667. The predicted octanol–water partition coefficient (Wildman–Crippen LogP) is 2.56. The van der Waals surface area contributed by atoms with Gasteiger partial charge in [0.15, 0.2) is 0 Å². The number of nitrogens with zero attached hydrogens (tertiary/aromatic N) is 2. The van der Waals surface area contributed by atoms with Crippen LogP contribution in [0.5, 0.6) is 0 Å². The lowest BCUT2D eigenvalue weighted by Crippen LogP contribution is -2.48. The van der Waals surface area contributed by atoms with E-state index in [1.165, 1.54) is 43.5 Å². The summed E-state index contributed by atoms with van der Waals surface area (Å²) in [5.41, 5.74) is 8.86. The normalized spacial score (nSPS) is 35.2. The highest BCUT2D eigenvalue weighted by atomic mass is 15.3. The Labute approximate surface area is 128 Å². The van der Waals surface area contributed by atoms with Gasteiger partial charge in [-0.3, -0.25) is 0 Å². The molecule has 4 rings (SSSR count). The van der Waals surface area contributed by atoms with Crippen LogP contribution in [0, 0.1) is 0 Å². The van der Waals surface area contributed by atoms with Gasteiger partial charge in [0.25, 0.3) is 0 Å². The second kappa shape index (κ2) is 5.29. The lowest BCUT2D eigenvalue weighted by molar-refractivity contribution is 0.159. The molecule has 0 saturated carbocycles. The molecular formula is C18H27N3. The number of para-hydroxylation sites is 1. The average Bonchev–Trinajstić information content (AvgIpc) is 2.93. The van der Waals surface area contributed by atoms with E-state index >= 15 is 0 Å². The van der Waals surface area contributed by atoms with Gasteiger partial charge in [0, 0.05) is 36.3 Å². The van der Waals surface area contributed by atoms with Crippen molar-refractivity contribution in [2.45, 2.75) is 56.1 Å². The van der Waals surface area contributed by atoms with Gasteiger partial charge in [0.1, 0.15) is 0 Å². The number of anilines is 1. The summed E-state index contributed by atoms with van der Waals surface area (Å²) in [6, 6.07) is 11.4. The van der Waals surface area contributed by atoms with Crippen LogP contribution < -0.4 is 10.6 Å². The van der Waals surface area contributed by atoms with E-state index in [9.17, 15) is 0 Å². The minimum Gasteiger partial charge on any atom is -0.368 e. The van der Waals surface area contributed by atoms with E-state index in [1.54, 1.807) is 0 Å². The van der Waals surface area contributed by atoms with Crippen molar-refractivity contribution >= 4 is 5.69 Å². The van der Waals surface area contributed by atoms with Gasteiger partial charge in [-0.25, -0.2) is 0 Å². The maximum Gasteiger partial charge on any atom is 0.0405 e. The molecule has 3 nitrogen and oxygen atoms in total. The topological polar surface area (TPSA) is 32.5 Å². The highest BCUT2D eigenvalue weighted by molar-refractivity contribution is 5.61. The first-order valence-electron chi connectivity index (χ1n) is 8.55. The van der Waals surface area contributed by atoms with Crippen LogP contribution in [0.25, 0.3) is 0 Å². The standard InChI is InChI=1S/C18H27N3/c1-20-14-6-7-15(20)11-16(10-14)21-12-13(8-9-19)17-4-2-3-5-18(17)21/h2-5,13-16H,6-12,19H2,1H3. The molecule has 3 aliphatic heterocycles. The summed E-state index contributed by atoms with van der Waals surface area (Å²) in [5.74, 6) is 0.642. The van der Waals surface area contributed by atoms with Crippen molar-refractivity contribution in [2.75, 3.05) is 25.0 Å². The van der Waals surface area contributed by atoms with E-state index in [4.69, 9.17) is 5.73 Å². The van der Waals surface area contributed by atoms with Crippen LogP contribution in [0.15, 0.2) is 24.3 Å². The summed E-state index contributed by atoms with van der Waals surface area (Å²) in [5, 5.41) is 0. The van der Waals surface area contributed by atoms with Crippen LogP contribution in [0.1, 0.15) is 43.6 Å². The van der Waals surface area contributed by atoms with Crippen molar-refractivity contribution < 1.29 is 0 Å². The summed E-state index contributed by atoms with van der Waals surface area (Å²) in [4.78, 5) is 5.35. The number of nitrogens with two attached hydrogens (primary N) is 1. The molecule has 3 unspecified atom stereocenters. The Kier molecular flexibility index (Phi) is 3.43. The fourth-order valence-electron chi connectivity index (χ4n) is 4.96. The van der Waals surface area contributed by atoms with Gasteiger partial charge < -0.3 is 15.5 Å². The molecule has 2 N–H and O–H groups in total. The highest BCUT2D eigenvalue weighted by Crippen LogP contribution is 2.44. The van der Waals surface area contributed by atoms with Crippen molar-refractivity contribution in [1.82, 2.24) is 4.90 Å². The minimum atomic E-state index is 0.642. The van der Waals surface area contributed by atoms with Crippen molar-refractivity contribution in [3.8, 4) is 0 Å². The lowest BCUT2D eigenvalue weighted by atomic mass is 9.96. The number of hydrogen-bond donors (Lipinski definition) is 1. The minimum absolute atomic E-state index is 0.642. The zero-order valence-corrected chi connectivity index (χ0v) is 13.0. The van der Waals surface area contributed by atoms with E-state index in [0.29, 0.717) is 5.92 Å². The van der Waals surface area contributed by atoms with E-state index in [0.717, 1.165) is 31.1 Å². The first-order valence-corrected chi connectivity index (χ1v) is 8.55. The third-order valence-corrected chi connectivity index (χ3v) is 6.13. The lowest BCUT2D eigenvalue weighted by Gasteiger charge is -2.41. The van der Waals surface area contributed by atoms with Crippen LogP contribution >= 0.6 is 0 Å². The van der Waals surface area contributed by atoms with E-state index < -0.39 is 0 Å². The molecule has 21 heavy (non-hydrogen) atoms. The average molecular weight is 285 g/mol. The van der Waals surface area contributed by atoms with Gasteiger partial charge in [-0.2, -0.15) is 0 Å². The van der Waals surface area contributed by atoms with Crippen molar-refractivity contribution in [2.24, 2.45) is 5.73 Å². The summed E-state index contributed by atoms with van der Waals surface area (Å²) in [7, 11) is 2.33. The van der Waals surface area contributed by atoms with Gasteiger partial charge in [-0.15, -0.1) is 0 Å². The van der Waals surface area contributed by atoms with E-state index in [1.807, 2.05) is 0 Å². The molecule has 114 valence electrons. The molecule has 3 aliphatic rings. The van der Waals surface area contributed by atoms with Crippen LogP contribution in [0.3, 0.4) is 0 Å². The molecule has 3 atom stereocenters. The summed E-state index contributed by atoms with van der Waals surface area (Å²) in [6.07, 6.45) is 6.61. The monoisotopic (exact) mass is 285 g/mol. The Morgan fingerprint density at radius 2 is 1.81 bits per heavy atom. The molecule has 2 saturated heterocycles. The molecule has 2 fully saturated rings. The van der Waals surface area contributed by atoms with E-state index in [2.05, 4.69) is 41.1 Å². The van der Waals surface area contributed by atoms with Gasteiger partial charge >= 0.3 is 0 Å². The van der Waals surface area contributed by atoms with Crippen molar-refractivity contribution in [1.29, 1.82) is 0 Å². The largest absolute Gasteiger partial charge is 0.368 e. The zero-order chi connectivity index (χ0) is 14.4. The first kappa shape index (κ1) is 13.6. The molecule has 0 aliphatic carbocycles. The van der Waals surface area contributed by atoms with Crippen molar-refractivity contribution in [3.63, 3.8) is 0 Å². The third kappa shape index (κ3) is 2.18. The number of hydrogen-bond acceptors (Lipinski definition) is 3. The Hall–Kier alpha value is -1.06. The molecule has 3 heteroatoms. The second-order valence-electron chi connectivity index (χ2n) is 7.16. The highest BCUT2D eigenvalue weighted by Gasteiger charge is 2.42. The molecule has 0 radical (unpaired) electrons. The van der Waals surface area contributed by atoms with Crippen molar-refractivity contribution in [3.05, 3.63) is 29.8 Å². The molecule has 0 amide bonds. The Morgan fingerprint density at radius 1 is 1.10 bits per heavy atom.